The average molecular weight is 372 g/mol. The van der Waals surface area contributed by atoms with Crippen molar-refractivity contribution in [2.24, 2.45) is 11.1 Å². The Bertz CT molecular complexity index is 973. The lowest BCUT2D eigenvalue weighted by Gasteiger charge is -2.15. The molecule has 0 aromatic heterocycles. The van der Waals surface area contributed by atoms with Crippen LogP contribution in [0.2, 0.25) is 5.02 Å². The van der Waals surface area contributed by atoms with Crippen molar-refractivity contribution in [1.29, 1.82) is 0 Å². The largest absolute Gasteiger partial charge is 0.381 e. The molecular formula is C17H10ClN3O5. The number of hydrogen-bond donors (Lipinski definition) is 0. The van der Waals surface area contributed by atoms with Gasteiger partial charge >= 0.3 is 0 Å². The van der Waals surface area contributed by atoms with Gasteiger partial charge in [0, 0.05) is 22.7 Å². The van der Waals surface area contributed by atoms with Crippen LogP contribution in [-0.2, 0) is 14.4 Å². The number of carbonyl (C=O) groups excluding carboxylic acids is 2. The number of carbonyl (C=O) groups is 2. The Labute approximate surface area is 151 Å². The summed E-state index contributed by atoms with van der Waals surface area (Å²) in [7, 11) is 0. The molecule has 2 aromatic carbocycles. The molecule has 0 unspecified atom stereocenters. The number of rotatable bonds is 3. The first-order chi connectivity index (χ1) is 12.5. The summed E-state index contributed by atoms with van der Waals surface area (Å²) in [4.78, 5) is 42.1. The highest BCUT2D eigenvalue weighted by atomic mass is 35.5. The standard InChI is InChI=1S/C17H10ClN3O5/c18-10-4-6-11(7-5-10)20-16(22)13-14(19-26-15(13)17(20)23)9-2-1-3-12(8-9)21(24)25/h1-8,13,15H/t13-,15+/m0/s1. The summed E-state index contributed by atoms with van der Waals surface area (Å²) in [5.74, 6) is -1.98. The molecule has 2 aliphatic rings. The smallest absolute Gasteiger partial charge is 0.278 e. The number of amides is 2. The van der Waals surface area contributed by atoms with Gasteiger partial charge < -0.3 is 4.84 Å². The lowest BCUT2D eigenvalue weighted by Crippen LogP contribution is -2.33. The number of nitro groups is 1. The van der Waals surface area contributed by atoms with Crippen molar-refractivity contribution < 1.29 is 19.3 Å². The molecule has 2 amide bonds. The van der Waals surface area contributed by atoms with Gasteiger partial charge in [-0.2, -0.15) is 0 Å². The molecule has 1 saturated heterocycles. The number of anilines is 1. The van der Waals surface area contributed by atoms with E-state index in [1.54, 1.807) is 30.3 Å². The first-order valence-corrected chi connectivity index (χ1v) is 7.97. The number of fused-ring (bicyclic) bond motifs is 1. The van der Waals surface area contributed by atoms with Gasteiger partial charge in [-0.25, -0.2) is 4.90 Å². The van der Waals surface area contributed by atoms with E-state index in [9.17, 15) is 19.7 Å². The molecule has 4 rings (SSSR count). The van der Waals surface area contributed by atoms with Crippen LogP contribution >= 0.6 is 11.6 Å². The molecule has 0 spiro atoms. The van der Waals surface area contributed by atoms with Crippen molar-refractivity contribution >= 4 is 40.5 Å². The molecule has 26 heavy (non-hydrogen) atoms. The molecule has 0 radical (unpaired) electrons. The van der Waals surface area contributed by atoms with Gasteiger partial charge in [0.05, 0.1) is 10.6 Å². The summed E-state index contributed by atoms with van der Waals surface area (Å²) in [5.41, 5.74) is 0.806. The number of non-ortho nitro benzene ring substituents is 1. The second kappa shape index (κ2) is 5.92. The van der Waals surface area contributed by atoms with E-state index in [-0.39, 0.29) is 11.4 Å². The summed E-state index contributed by atoms with van der Waals surface area (Å²) >= 11 is 5.84. The van der Waals surface area contributed by atoms with Crippen LogP contribution in [0.15, 0.2) is 53.7 Å². The highest BCUT2D eigenvalue weighted by molar-refractivity contribution is 6.33. The van der Waals surface area contributed by atoms with E-state index in [0.29, 0.717) is 16.3 Å². The normalized spacial score (nSPS) is 21.4. The van der Waals surface area contributed by atoms with Gasteiger partial charge in [0.25, 0.3) is 11.6 Å². The van der Waals surface area contributed by atoms with E-state index in [4.69, 9.17) is 16.4 Å². The third kappa shape index (κ3) is 2.42. The number of imide groups is 1. The van der Waals surface area contributed by atoms with E-state index in [1.165, 1.54) is 18.2 Å². The maximum atomic E-state index is 12.9. The maximum absolute atomic E-state index is 12.9. The fourth-order valence-electron chi connectivity index (χ4n) is 3.04. The monoisotopic (exact) mass is 371 g/mol. The van der Waals surface area contributed by atoms with Crippen LogP contribution in [-0.4, -0.2) is 28.6 Å². The first kappa shape index (κ1) is 16.2. The zero-order chi connectivity index (χ0) is 18.4. The van der Waals surface area contributed by atoms with E-state index in [1.807, 2.05) is 0 Å². The third-order valence-electron chi connectivity index (χ3n) is 4.25. The van der Waals surface area contributed by atoms with E-state index in [2.05, 4.69) is 5.16 Å². The van der Waals surface area contributed by atoms with Crippen LogP contribution in [0, 0.1) is 16.0 Å². The van der Waals surface area contributed by atoms with Crippen molar-refractivity contribution in [1.82, 2.24) is 0 Å². The molecular weight excluding hydrogens is 362 g/mol. The van der Waals surface area contributed by atoms with Crippen molar-refractivity contribution in [2.45, 2.75) is 6.10 Å². The molecule has 2 atom stereocenters. The Hall–Kier alpha value is -3.26. The molecule has 2 aromatic rings. The van der Waals surface area contributed by atoms with E-state index >= 15 is 0 Å². The highest BCUT2D eigenvalue weighted by Gasteiger charge is 2.56. The minimum absolute atomic E-state index is 0.139. The van der Waals surface area contributed by atoms with Gasteiger partial charge in [0.1, 0.15) is 11.6 Å². The number of nitro benzene ring substituents is 1. The average Bonchev–Trinajstić information content (AvgIpc) is 3.17. The molecule has 2 heterocycles. The quantitative estimate of drug-likeness (QED) is 0.468. The minimum Gasteiger partial charge on any atom is -0.381 e. The second-order valence-corrected chi connectivity index (χ2v) is 6.21. The van der Waals surface area contributed by atoms with Crippen LogP contribution < -0.4 is 4.90 Å². The molecule has 130 valence electrons. The Morgan fingerprint density at radius 3 is 2.54 bits per heavy atom. The van der Waals surface area contributed by atoms with Crippen molar-refractivity contribution in [3.63, 3.8) is 0 Å². The predicted molar refractivity (Wildman–Crippen MR) is 91.9 cm³/mol. The molecule has 2 aliphatic heterocycles. The van der Waals surface area contributed by atoms with Gasteiger partial charge in [-0.05, 0) is 24.3 Å². The molecule has 8 nitrogen and oxygen atoms in total. The number of oxime groups is 1. The molecule has 9 heteroatoms. The van der Waals surface area contributed by atoms with Crippen molar-refractivity contribution in [3.8, 4) is 0 Å². The molecule has 0 bridgehead atoms. The number of halogens is 1. The lowest BCUT2D eigenvalue weighted by molar-refractivity contribution is -0.384. The van der Waals surface area contributed by atoms with Gasteiger partial charge in [-0.1, -0.05) is 28.9 Å². The SMILES string of the molecule is O=C1[C@H]2C(c3cccc([N+](=O)[O-])c3)=NO[C@H]2C(=O)N1c1ccc(Cl)cc1. The number of benzene rings is 2. The van der Waals surface area contributed by atoms with Crippen LogP contribution in [0.4, 0.5) is 11.4 Å². The summed E-state index contributed by atoms with van der Waals surface area (Å²) in [6, 6.07) is 12.0. The number of nitrogens with zero attached hydrogens (tertiary/aromatic N) is 3. The Kier molecular flexibility index (Phi) is 3.69. The third-order valence-corrected chi connectivity index (χ3v) is 4.50. The summed E-state index contributed by atoms with van der Waals surface area (Å²) < 4.78 is 0. The number of hydrogen-bond acceptors (Lipinski definition) is 6. The molecule has 1 fully saturated rings. The maximum Gasteiger partial charge on any atom is 0.278 e. The topological polar surface area (TPSA) is 102 Å². The van der Waals surface area contributed by atoms with Gasteiger partial charge in [-0.15, -0.1) is 0 Å². The van der Waals surface area contributed by atoms with E-state index < -0.39 is 28.8 Å². The lowest BCUT2D eigenvalue weighted by atomic mass is 9.94. The van der Waals surface area contributed by atoms with Gasteiger partial charge in [-0.3, -0.25) is 19.7 Å². The molecule has 0 saturated carbocycles. The Morgan fingerprint density at radius 2 is 1.85 bits per heavy atom. The van der Waals surface area contributed by atoms with Crippen LogP contribution in [0.1, 0.15) is 5.56 Å². The summed E-state index contributed by atoms with van der Waals surface area (Å²) in [6.07, 6.45) is -1.08. The van der Waals surface area contributed by atoms with Crippen LogP contribution in [0.5, 0.6) is 0 Å². The minimum atomic E-state index is -1.08. The highest BCUT2D eigenvalue weighted by Crippen LogP contribution is 2.35. The fraction of sp³-hybridized carbons (Fsp3) is 0.118. The fourth-order valence-corrected chi connectivity index (χ4v) is 3.17. The zero-order valence-electron chi connectivity index (χ0n) is 13.0. The predicted octanol–water partition coefficient (Wildman–Crippen LogP) is 2.54. The summed E-state index contributed by atoms with van der Waals surface area (Å²) in [5, 5.41) is 15.3. The molecule has 0 N–H and O–H groups in total. The summed E-state index contributed by atoms with van der Waals surface area (Å²) in [6.45, 7) is 0. The van der Waals surface area contributed by atoms with E-state index in [0.717, 1.165) is 4.90 Å². The van der Waals surface area contributed by atoms with Gasteiger partial charge in [0.2, 0.25) is 12.0 Å². The first-order valence-electron chi connectivity index (χ1n) is 7.59. The van der Waals surface area contributed by atoms with Crippen LogP contribution in [0.25, 0.3) is 0 Å². The van der Waals surface area contributed by atoms with Crippen LogP contribution in [0.3, 0.4) is 0 Å². The zero-order valence-corrected chi connectivity index (χ0v) is 13.8. The Morgan fingerprint density at radius 1 is 1.12 bits per heavy atom. The molecule has 0 aliphatic carbocycles. The Balaban J connectivity index is 1.70. The van der Waals surface area contributed by atoms with Crippen molar-refractivity contribution in [2.75, 3.05) is 4.90 Å². The second-order valence-electron chi connectivity index (χ2n) is 5.78. The van der Waals surface area contributed by atoms with Gasteiger partial charge in [0.15, 0.2) is 0 Å². The van der Waals surface area contributed by atoms with Crippen molar-refractivity contribution in [3.05, 3.63) is 69.2 Å².